The highest BCUT2D eigenvalue weighted by Crippen LogP contribution is 2.67. The molecule has 0 aromatic rings. The molecule has 0 aliphatic heterocycles. The van der Waals surface area contributed by atoms with Crippen molar-refractivity contribution < 1.29 is 19.8 Å². The minimum absolute atomic E-state index is 0.00738. The monoisotopic (exact) mass is 356 g/mol. The zero-order valence-electron chi connectivity index (χ0n) is 15.8. The van der Waals surface area contributed by atoms with Crippen LogP contribution in [0.15, 0.2) is 36.0 Å². The predicted molar refractivity (Wildman–Crippen MR) is 98.2 cm³/mol. The van der Waals surface area contributed by atoms with Gasteiger partial charge in [-0.05, 0) is 62.2 Å². The van der Waals surface area contributed by atoms with Crippen molar-refractivity contribution in [3.05, 3.63) is 36.0 Å². The van der Waals surface area contributed by atoms with E-state index in [1.807, 2.05) is 13.0 Å². The first-order valence-electron chi connectivity index (χ1n) is 9.59. The van der Waals surface area contributed by atoms with E-state index in [1.54, 1.807) is 12.2 Å². The molecule has 4 rings (SSSR count). The van der Waals surface area contributed by atoms with E-state index < -0.39 is 17.1 Å². The van der Waals surface area contributed by atoms with Gasteiger partial charge in [0.2, 0.25) is 0 Å². The number of ketones is 2. The fourth-order valence-electron chi connectivity index (χ4n) is 6.93. The maximum absolute atomic E-state index is 12.4. The summed E-state index contributed by atoms with van der Waals surface area (Å²) < 4.78 is 0. The molecule has 0 saturated heterocycles. The molecular weight excluding hydrogens is 328 g/mol. The number of hydrogen-bond acceptors (Lipinski definition) is 4. The van der Waals surface area contributed by atoms with Crippen molar-refractivity contribution in [1.29, 1.82) is 0 Å². The number of fused-ring (bicyclic) bond motifs is 5. The minimum atomic E-state index is -1.56. The minimum Gasteiger partial charge on any atom is -0.393 e. The molecule has 0 radical (unpaired) electrons. The highest BCUT2D eigenvalue weighted by atomic mass is 16.3. The van der Waals surface area contributed by atoms with E-state index in [4.69, 9.17) is 0 Å². The van der Waals surface area contributed by atoms with Crippen LogP contribution in [0.5, 0.6) is 0 Å². The molecule has 4 heteroatoms. The molecule has 0 unspecified atom stereocenters. The van der Waals surface area contributed by atoms with Crippen molar-refractivity contribution in [2.45, 2.75) is 58.2 Å². The number of carbonyl (C=O) groups excluding carboxylic acids is 2. The fraction of sp³-hybridized carbons (Fsp3) is 0.636. The van der Waals surface area contributed by atoms with E-state index in [1.165, 1.54) is 6.92 Å². The average Bonchev–Trinajstić information content (AvgIpc) is 2.76. The molecule has 3 fully saturated rings. The number of aliphatic hydroxyl groups excluding tert-OH is 1. The van der Waals surface area contributed by atoms with Crippen LogP contribution in [0.25, 0.3) is 0 Å². The summed E-state index contributed by atoms with van der Waals surface area (Å²) in [4.78, 5) is 24.2. The van der Waals surface area contributed by atoms with Crippen LogP contribution in [0, 0.1) is 28.6 Å². The number of rotatable bonds is 1. The second-order valence-electron chi connectivity index (χ2n) is 9.29. The van der Waals surface area contributed by atoms with Crippen LogP contribution in [0.3, 0.4) is 0 Å². The van der Waals surface area contributed by atoms with Gasteiger partial charge in [0.05, 0.1) is 6.10 Å². The molecule has 4 nitrogen and oxygen atoms in total. The fourth-order valence-corrected chi connectivity index (χ4v) is 6.93. The Kier molecular flexibility index (Phi) is 3.62. The molecule has 0 heterocycles. The van der Waals surface area contributed by atoms with Crippen LogP contribution < -0.4 is 0 Å². The maximum atomic E-state index is 12.4. The summed E-state index contributed by atoms with van der Waals surface area (Å²) in [6.07, 6.45) is 7.36. The van der Waals surface area contributed by atoms with Crippen LogP contribution in [0.4, 0.5) is 0 Å². The molecule has 4 aliphatic rings. The predicted octanol–water partition coefficient (Wildman–Crippen LogP) is 2.75. The summed E-state index contributed by atoms with van der Waals surface area (Å²) in [5.41, 5.74) is -0.893. The van der Waals surface area contributed by atoms with Crippen molar-refractivity contribution >= 4 is 11.6 Å². The molecule has 2 N–H and O–H groups in total. The van der Waals surface area contributed by atoms with Gasteiger partial charge in [0.25, 0.3) is 0 Å². The lowest BCUT2D eigenvalue weighted by Crippen LogP contribution is -2.61. The van der Waals surface area contributed by atoms with Gasteiger partial charge in [0, 0.05) is 16.7 Å². The standard InChI is InChI=1S/C22H28O4/c1-12-9-17-16-6-5-14-10-15(24)7-8-20(14,3)19(16)18(25)11-21(17,4)22(12,26)13(2)23/h7-8,10,16-19,25-26H,1,5-6,9,11H2,2-4H3/t16-,17-,18-,19+,20-,21-,22-/m0/s1. The summed E-state index contributed by atoms with van der Waals surface area (Å²) >= 11 is 0. The average molecular weight is 356 g/mol. The van der Waals surface area contributed by atoms with Gasteiger partial charge in [-0.15, -0.1) is 0 Å². The zero-order valence-corrected chi connectivity index (χ0v) is 15.8. The van der Waals surface area contributed by atoms with Crippen molar-refractivity contribution in [2.75, 3.05) is 0 Å². The lowest BCUT2D eigenvalue weighted by atomic mass is 9.46. The second kappa shape index (κ2) is 5.26. The third-order valence-corrected chi connectivity index (χ3v) is 8.20. The molecule has 0 spiro atoms. The summed E-state index contributed by atoms with van der Waals surface area (Å²) in [5, 5.41) is 22.5. The first kappa shape index (κ1) is 17.9. The van der Waals surface area contributed by atoms with Gasteiger partial charge < -0.3 is 10.2 Å². The Morgan fingerprint density at radius 2 is 2.04 bits per heavy atom. The molecule has 4 aliphatic carbocycles. The smallest absolute Gasteiger partial charge is 0.178 e. The van der Waals surface area contributed by atoms with Crippen molar-refractivity contribution in [1.82, 2.24) is 0 Å². The van der Waals surface area contributed by atoms with Crippen LogP contribution in [0.2, 0.25) is 0 Å². The largest absolute Gasteiger partial charge is 0.393 e. The highest BCUT2D eigenvalue weighted by molar-refractivity contribution is 6.01. The Morgan fingerprint density at radius 1 is 1.35 bits per heavy atom. The van der Waals surface area contributed by atoms with Gasteiger partial charge in [-0.1, -0.05) is 32.1 Å². The summed E-state index contributed by atoms with van der Waals surface area (Å²) in [7, 11) is 0. The Morgan fingerprint density at radius 3 is 2.69 bits per heavy atom. The Hall–Kier alpha value is -1.52. The molecule has 0 aromatic heterocycles. The number of carbonyl (C=O) groups is 2. The SMILES string of the molecule is C=C1C[C@H]2[C@@H]3CCC4=CC(=O)C=C[C@]4(C)[C@H]3[C@@H](O)C[C@]2(C)[C@@]1(O)C(C)=O. The summed E-state index contributed by atoms with van der Waals surface area (Å²) in [6.45, 7) is 9.54. The Balaban J connectivity index is 1.80. The topological polar surface area (TPSA) is 74.6 Å². The summed E-state index contributed by atoms with van der Waals surface area (Å²) in [6, 6.07) is 0. The number of allylic oxidation sites excluding steroid dienone is 4. The van der Waals surface area contributed by atoms with Gasteiger partial charge in [-0.25, -0.2) is 0 Å². The first-order chi connectivity index (χ1) is 12.1. The van der Waals surface area contributed by atoms with E-state index in [2.05, 4.69) is 13.5 Å². The van der Waals surface area contributed by atoms with Crippen molar-refractivity contribution in [3.8, 4) is 0 Å². The van der Waals surface area contributed by atoms with E-state index in [9.17, 15) is 19.8 Å². The van der Waals surface area contributed by atoms with E-state index in [-0.39, 0.29) is 34.7 Å². The Bertz CT molecular complexity index is 777. The van der Waals surface area contributed by atoms with Crippen LogP contribution in [-0.4, -0.2) is 33.5 Å². The number of hydrogen-bond donors (Lipinski definition) is 2. The third kappa shape index (κ3) is 1.92. The highest BCUT2D eigenvalue weighted by Gasteiger charge is 2.68. The van der Waals surface area contributed by atoms with Gasteiger partial charge in [-0.2, -0.15) is 0 Å². The molecule has 0 amide bonds. The maximum Gasteiger partial charge on any atom is 0.178 e. The van der Waals surface area contributed by atoms with Gasteiger partial charge >= 0.3 is 0 Å². The van der Waals surface area contributed by atoms with Crippen molar-refractivity contribution in [2.24, 2.45) is 28.6 Å². The van der Waals surface area contributed by atoms with Gasteiger partial charge in [0.1, 0.15) is 5.60 Å². The van der Waals surface area contributed by atoms with Crippen LogP contribution in [-0.2, 0) is 9.59 Å². The second-order valence-corrected chi connectivity index (χ2v) is 9.29. The molecule has 26 heavy (non-hydrogen) atoms. The van der Waals surface area contributed by atoms with Crippen LogP contribution in [0.1, 0.15) is 46.5 Å². The Labute approximate surface area is 154 Å². The lowest BCUT2D eigenvalue weighted by molar-refractivity contribution is -0.170. The molecule has 0 bridgehead atoms. The lowest BCUT2D eigenvalue weighted by Gasteiger charge is -2.59. The van der Waals surface area contributed by atoms with E-state index in [0.29, 0.717) is 18.4 Å². The van der Waals surface area contributed by atoms with E-state index >= 15 is 0 Å². The third-order valence-electron chi connectivity index (χ3n) is 8.20. The first-order valence-corrected chi connectivity index (χ1v) is 9.59. The normalized spacial score (nSPS) is 50.0. The summed E-state index contributed by atoms with van der Waals surface area (Å²) in [5.74, 6) is 0.0396. The van der Waals surface area contributed by atoms with Gasteiger partial charge in [0.15, 0.2) is 11.6 Å². The quantitative estimate of drug-likeness (QED) is 0.709. The van der Waals surface area contributed by atoms with Crippen LogP contribution >= 0.6 is 0 Å². The van der Waals surface area contributed by atoms with Gasteiger partial charge in [-0.3, -0.25) is 9.59 Å². The van der Waals surface area contributed by atoms with Crippen molar-refractivity contribution in [3.63, 3.8) is 0 Å². The molecular formula is C22H28O4. The van der Waals surface area contributed by atoms with E-state index in [0.717, 1.165) is 18.4 Å². The molecule has 3 saturated carbocycles. The zero-order chi connectivity index (χ0) is 19.1. The molecule has 7 atom stereocenters. The molecule has 140 valence electrons. The number of Topliss-reactive ketones (excluding diaryl/α,β-unsaturated/α-hetero) is 1. The molecule has 0 aromatic carbocycles. The number of aliphatic hydroxyl groups is 2.